The summed E-state index contributed by atoms with van der Waals surface area (Å²) in [5.74, 6) is -1.96. The van der Waals surface area contributed by atoms with Gasteiger partial charge in [0.05, 0.1) is 11.6 Å². The van der Waals surface area contributed by atoms with Crippen LogP contribution < -0.4 is 5.32 Å². The highest BCUT2D eigenvalue weighted by Gasteiger charge is 2.62. The molecule has 0 aliphatic heterocycles. The van der Waals surface area contributed by atoms with Crippen LogP contribution in [0.1, 0.15) is 48.7 Å². The molecule has 3 N–H and O–H groups in total. The Morgan fingerprint density at radius 1 is 1.23 bits per heavy atom. The van der Waals surface area contributed by atoms with Crippen LogP contribution in [-0.2, 0) is 0 Å². The van der Waals surface area contributed by atoms with Gasteiger partial charge in [0.2, 0.25) is 0 Å². The second-order valence-electron chi connectivity index (χ2n) is 7.86. The largest absolute Gasteiger partial charge is 0.505 e. The number of aromatic hydroxyl groups is 1. The Balaban J connectivity index is 1.93. The van der Waals surface area contributed by atoms with Crippen molar-refractivity contribution in [2.24, 2.45) is 0 Å². The number of nitrogens with one attached hydrogen (secondary N) is 1. The maximum Gasteiger partial charge on any atom is 0.419 e. The van der Waals surface area contributed by atoms with Crippen LogP contribution in [-0.4, -0.2) is 32.0 Å². The fourth-order valence-electron chi connectivity index (χ4n) is 4.38. The highest BCUT2D eigenvalue weighted by Crippen LogP contribution is 2.55. The smallest absolute Gasteiger partial charge is 0.419 e. The molecule has 0 saturated carbocycles. The molecule has 0 fully saturated rings. The zero-order valence-electron chi connectivity index (χ0n) is 16.8. The molecule has 31 heavy (non-hydrogen) atoms. The minimum atomic E-state index is -4.97. The van der Waals surface area contributed by atoms with Gasteiger partial charge in [-0.2, -0.15) is 13.2 Å². The van der Waals surface area contributed by atoms with Gasteiger partial charge in [-0.3, -0.25) is 0 Å². The number of rotatable bonds is 3. The van der Waals surface area contributed by atoms with E-state index in [9.17, 15) is 27.8 Å². The predicted octanol–water partition coefficient (Wildman–Crippen LogP) is 5.13. The molecule has 9 heteroatoms. The van der Waals surface area contributed by atoms with Gasteiger partial charge in [-0.15, -0.1) is 0 Å². The SMILES string of the molecule is CC[C@H]1C[C@](O)(C(F)(F)F)[C@@H](Nc2cccc3nc(C)ncc23)c2ccc(F)c(O)c21. The lowest BCUT2D eigenvalue weighted by Gasteiger charge is -2.45. The van der Waals surface area contributed by atoms with Crippen LogP contribution in [0.4, 0.5) is 23.2 Å². The number of hydrogen-bond acceptors (Lipinski definition) is 5. The summed E-state index contributed by atoms with van der Waals surface area (Å²) in [5, 5.41) is 24.6. The quantitative estimate of drug-likeness (QED) is 0.498. The Labute approximate surface area is 175 Å². The van der Waals surface area contributed by atoms with Gasteiger partial charge in [0.1, 0.15) is 5.82 Å². The van der Waals surface area contributed by atoms with Crippen molar-refractivity contribution in [3.05, 3.63) is 59.3 Å². The number of aliphatic hydroxyl groups is 1. The van der Waals surface area contributed by atoms with E-state index in [1.165, 1.54) is 12.3 Å². The summed E-state index contributed by atoms with van der Waals surface area (Å²) in [4.78, 5) is 8.40. The van der Waals surface area contributed by atoms with Crippen molar-refractivity contribution in [1.29, 1.82) is 0 Å². The zero-order chi connectivity index (χ0) is 22.6. The summed E-state index contributed by atoms with van der Waals surface area (Å²) in [7, 11) is 0. The molecule has 1 aromatic heterocycles. The molecule has 2 aromatic carbocycles. The molecule has 0 spiro atoms. The second-order valence-corrected chi connectivity index (χ2v) is 7.86. The van der Waals surface area contributed by atoms with Crippen LogP contribution in [0, 0.1) is 12.7 Å². The third-order valence-corrected chi connectivity index (χ3v) is 5.99. The van der Waals surface area contributed by atoms with E-state index in [-0.39, 0.29) is 23.2 Å². The van der Waals surface area contributed by atoms with Crippen LogP contribution >= 0.6 is 0 Å². The number of aromatic nitrogens is 2. The number of hydrogen-bond donors (Lipinski definition) is 3. The topological polar surface area (TPSA) is 78.3 Å². The molecule has 1 aliphatic rings. The Morgan fingerprint density at radius 3 is 2.65 bits per heavy atom. The van der Waals surface area contributed by atoms with E-state index in [2.05, 4.69) is 15.3 Å². The lowest BCUT2D eigenvalue weighted by atomic mass is 9.69. The maximum absolute atomic E-state index is 14.2. The summed E-state index contributed by atoms with van der Waals surface area (Å²) < 4.78 is 56.6. The van der Waals surface area contributed by atoms with E-state index < -0.39 is 41.7 Å². The average Bonchev–Trinajstić information content (AvgIpc) is 2.71. The van der Waals surface area contributed by atoms with Crippen molar-refractivity contribution in [1.82, 2.24) is 9.97 Å². The maximum atomic E-state index is 14.2. The number of aryl methyl sites for hydroxylation is 1. The molecular formula is C22H21F4N3O2. The first-order valence-electron chi connectivity index (χ1n) is 9.86. The number of phenols is 1. The summed E-state index contributed by atoms with van der Waals surface area (Å²) >= 11 is 0. The number of fused-ring (bicyclic) bond motifs is 2. The minimum absolute atomic E-state index is 0.00172. The Morgan fingerprint density at radius 2 is 1.97 bits per heavy atom. The molecule has 0 amide bonds. The van der Waals surface area contributed by atoms with Crippen molar-refractivity contribution >= 4 is 16.6 Å². The second kappa shape index (κ2) is 7.33. The lowest BCUT2D eigenvalue weighted by molar-refractivity contribution is -0.272. The number of phenolic OH excluding ortho intramolecular Hbond substituents is 1. The van der Waals surface area contributed by atoms with Crippen molar-refractivity contribution in [3.63, 3.8) is 0 Å². The summed E-state index contributed by atoms with van der Waals surface area (Å²) in [6.07, 6.45) is -4.00. The molecule has 4 rings (SSSR count). The minimum Gasteiger partial charge on any atom is -0.505 e. The fraction of sp³-hybridized carbons (Fsp3) is 0.364. The van der Waals surface area contributed by atoms with Gasteiger partial charge >= 0.3 is 6.18 Å². The van der Waals surface area contributed by atoms with Crippen LogP contribution in [0.3, 0.4) is 0 Å². The van der Waals surface area contributed by atoms with Gasteiger partial charge in [-0.1, -0.05) is 19.1 Å². The van der Waals surface area contributed by atoms with Gasteiger partial charge in [0.15, 0.2) is 17.2 Å². The Bertz CT molecular complexity index is 1150. The van der Waals surface area contributed by atoms with Crippen LogP contribution in [0.2, 0.25) is 0 Å². The normalized spacial score (nSPS) is 23.6. The number of alkyl halides is 3. The van der Waals surface area contributed by atoms with Gasteiger partial charge < -0.3 is 15.5 Å². The van der Waals surface area contributed by atoms with Crippen molar-refractivity contribution in [2.75, 3.05) is 5.32 Å². The summed E-state index contributed by atoms with van der Waals surface area (Å²) in [6, 6.07) is 5.31. The molecule has 0 saturated heterocycles. The zero-order valence-corrected chi connectivity index (χ0v) is 16.8. The fourth-order valence-corrected chi connectivity index (χ4v) is 4.38. The van der Waals surface area contributed by atoms with E-state index in [1.54, 1.807) is 32.0 Å². The highest BCUT2D eigenvalue weighted by molar-refractivity contribution is 5.91. The van der Waals surface area contributed by atoms with Crippen LogP contribution in [0.25, 0.3) is 10.9 Å². The molecule has 1 heterocycles. The molecule has 0 unspecified atom stereocenters. The molecular weight excluding hydrogens is 414 g/mol. The highest BCUT2D eigenvalue weighted by atomic mass is 19.4. The van der Waals surface area contributed by atoms with E-state index >= 15 is 0 Å². The Kier molecular flexibility index (Phi) is 5.04. The molecule has 3 aromatic rings. The lowest BCUT2D eigenvalue weighted by Crippen LogP contribution is -2.55. The van der Waals surface area contributed by atoms with Crippen molar-refractivity contribution in [3.8, 4) is 5.75 Å². The average molecular weight is 435 g/mol. The van der Waals surface area contributed by atoms with Crippen LogP contribution in [0.5, 0.6) is 5.75 Å². The Hall–Kier alpha value is -2.94. The van der Waals surface area contributed by atoms with Gasteiger partial charge in [-0.25, -0.2) is 14.4 Å². The van der Waals surface area contributed by atoms with E-state index in [0.29, 0.717) is 16.7 Å². The van der Waals surface area contributed by atoms with Gasteiger partial charge in [-0.05, 0) is 49.4 Å². The van der Waals surface area contributed by atoms with E-state index in [1.807, 2.05) is 0 Å². The van der Waals surface area contributed by atoms with E-state index in [0.717, 1.165) is 6.07 Å². The molecule has 0 bridgehead atoms. The standard InChI is InChI=1S/C22H21F4N3O2/c1-3-12-9-21(31,22(24,25)26)20(13-7-8-15(23)19(30)18(12)13)29-17-6-4-5-16-14(17)10-27-11(2)28-16/h4-8,10,12,20,29-31H,3,9H2,1-2H3/t12-,20-,21+/m0/s1. The van der Waals surface area contributed by atoms with E-state index in [4.69, 9.17) is 0 Å². The molecule has 3 atom stereocenters. The van der Waals surface area contributed by atoms with Crippen LogP contribution in [0.15, 0.2) is 36.5 Å². The first-order chi connectivity index (χ1) is 14.6. The predicted molar refractivity (Wildman–Crippen MR) is 107 cm³/mol. The molecule has 1 aliphatic carbocycles. The van der Waals surface area contributed by atoms with Gasteiger partial charge in [0, 0.05) is 22.8 Å². The third-order valence-electron chi connectivity index (χ3n) is 5.99. The third kappa shape index (κ3) is 3.37. The number of halogens is 4. The number of nitrogens with zero attached hydrogens (tertiary/aromatic N) is 2. The number of anilines is 1. The first kappa shape index (κ1) is 21.3. The number of benzene rings is 2. The summed E-state index contributed by atoms with van der Waals surface area (Å²) in [6.45, 7) is 3.33. The van der Waals surface area contributed by atoms with Crippen molar-refractivity contribution in [2.45, 2.75) is 50.4 Å². The van der Waals surface area contributed by atoms with Gasteiger partial charge in [0.25, 0.3) is 0 Å². The monoisotopic (exact) mass is 435 g/mol. The van der Waals surface area contributed by atoms with Crippen molar-refractivity contribution < 1.29 is 27.8 Å². The molecule has 5 nitrogen and oxygen atoms in total. The first-order valence-corrected chi connectivity index (χ1v) is 9.86. The molecule has 0 radical (unpaired) electrons. The summed E-state index contributed by atoms with van der Waals surface area (Å²) in [5.41, 5.74) is -2.24. The molecule has 164 valence electrons.